The summed E-state index contributed by atoms with van der Waals surface area (Å²) in [7, 11) is 1.91. The summed E-state index contributed by atoms with van der Waals surface area (Å²) in [6.07, 6.45) is 6.13. The molecule has 110 valence electrons. The number of thioether (sulfide) groups is 1. The van der Waals surface area contributed by atoms with Crippen molar-refractivity contribution >= 4 is 17.7 Å². The van der Waals surface area contributed by atoms with E-state index in [0.717, 1.165) is 32.7 Å². The molecule has 1 N–H and O–H groups in total. The highest BCUT2D eigenvalue weighted by atomic mass is 32.2. The zero-order valence-corrected chi connectivity index (χ0v) is 12.7. The van der Waals surface area contributed by atoms with Gasteiger partial charge < -0.3 is 15.0 Å². The van der Waals surface area contributed by atoms with Gasteiger partial charge in [-0.15, -0.1) is 11.8 Å². The van der Waals surface area contributed by atoms with Gasteiger partial charge in [0.2, 0.25) is 5.91 Å². The van der Waals surface area contributed by atoms with Crippen LogP contribution in [0.1, 0.15) is 32.1 Å². The Morgan fingerprint density at radius 2 is 2.11 bits per heavy atom. The van der Waals surface area contributed by atoms with Crippen LogP contribution in [-0.2, 0) is 9.53 Å². The first kappa shape index (κ1) is 15.1. The molecule has 2 fully saturated rings. The van der Waals surface area contributed by atoms with Crippen LogP contribution < -0.4 is 5.32 Å². The Balaban J connectivity index is 1.63. The molecule has 1 amide bonds. The Kier molecular flexibility index (Phi) is 6.47. The topological polar surface area (TPSA) is 41.6 Å². The minimum Gasteiger partial charge on any atom is -0.376 e. The van der Waals surface area contributed by atoms with Gasteiger partial charge in [-0.3, -0.25) is 4.79 Å². The Bertz CT molecular complexity index is 277. The molecule has 4 nitrogen and oxygen atoms in total. The first-order chi connectivity index (χ1) is 9.25. The maximum absolute atomic E-state index is 12.1. The van der Waals surface area contributed by atoms with Crippen molar-refractivity contribution in [2.24, 2.45) is 0 Å². The van der Waals surface area contributed by atoms with Crippen LogP contribution in [-0.4, -0.2) is 61.2 Å². The van der Waals surface area contributed by atoms with Gasteiger partial charge in [0.05, 0.1) is 11.9 Å². The lowest BCUT2D eigenvalue weighted by atomic mass is 10.1. The zero-order valence-electron chi connectivity index (χ0n) is 11.9. The van der Waals surface area contributed by atoms with Gasteiger partial charge in [0, 0.05) is 25.4 Å². The maximum Gasteiger partial charge on any atom is 0.232 e. The predicted molar refractivity (Wildman–Crippen MR) is 79.6 cm³/mol. The molecule has 5 heteroatoms. The number of nitrogens with one attached hydrogen (secondary N) is 1. The molecule has 0 aromatic heterocycles. The number of carbonyl (C=O) groups is 1. The monoisotopic (exact) mass is 286 g/mol. The van der Waals surface area contributed by atoms with Gasteiger partial charge >= 0.3 is 0 Å². The SMILES string of the molecule is CN(CC1CCCCO1)C(=O)CSC1CCNCC1. The molecule has 2 saturated heterocycles. The van der Waals surface area contributed by atoms with E-state index in [0.29, 0.717) is 11.0 Å². The molecule has 2 rings (SSSR count). The van der Waals surface area contributed by atoms with Crippen LogP contribution in [0.5, 0.6) is 0 Å². The summed E-state index contributed by atoms with van der Waals surface area (Å²) in [5.74, 6) is 0.867. The molecule has 1 unspecified atom stereocenters. The second-order valence-electron chi connectivity index (χ2n) is 5.52. The number of ether oxygens (including phenoxy) is 1. The van der Waals surface area contributed by atoms with E-state index in [1.807, 2.05) is 23.7 Å². The van der Waals surface area contributed by atoms with Crippen LogP contribution in [0.3, 0.4) is 0 Å². The van der Waals surface area contributed by atoms with E-state index in [9.17, 15) is 4.79 Å². The number of carbonyl (C=O) groups excluding carboxylic acids is 1. The third-order valence-corrected chi connectivity index (χ3v) is 5.26. The number of hydrogen-bond donors (Lipinski definition) is 1. The smallest absolute Gasteiger partial charge is 0.232 e. The van der Waals surface area contributed by atoms with Gasteiger partial charge in [0.1, 0.15) is 0 Å². The molecule has 19 heavy (non-hydrogen) atoms. The summed E-state index contributed by atoms with van der Waals surface area (Å²) in [4.78, 5) is 13.9. The highest BCUT2D eigenvalue weighted by Gasteiger charge is 2.20. The molecule has 0 aromatic rings. The van der Waals surface area contributed by atoms with Crippen molar-refractivity contribution in [2.45, 2.75) is 43.5 Å². The normalized spacial score (nSPS) is 25.2. The fourth-order valence-electron chi connectivity index (χ4n) is 2.62. The lowest BCUT2D eigenvalue weighted by molar-refractivity contribution is -0.129. The fourth-order valence-corrected chi connectivity index (χ4v) is 3.79. The van der Waals surface area contributed by atoms with E-state index >= 15 is 0 Å². The Morgan fingerprint density at radius 3 is 2.79 bits per heavy atom. The highest BCUT2D eigenvalue weighted by molar-refractivity contribution is 8.00. The minimum atomic E-state index is 0.248. The van der Waals surface area contributed by atoms with E-state index in [-0.39, 0.29) is 12.0 Å². The summed E-state index contributed by atoms with van der Waals surface area (Å²) in [6.45, 7) is 3.80. The molecule has 2 heterocycles. The van der Waals surface area contributed by atoms with E-state index < -0.39 is 0 Å². The quantitative estimate of drug-likeness (QED) is 0.831. The van der Waals surface area contributed by atoms with Crippen molar-refractivity contribution < 1.29 is 9.53 Å². The Hall–Kier alpha value is -0.260. The highest BCUT2D eigenvalue weighted by Crippen LogP contribution is 2.20. The van der Waals surface area contributed by atoms with Crippen molar-refractivity contribution in [3.05, 3.63) is 0 Å². The largest absolute Gasteiger partial charge is 0.376 e. The average molecular weight is 286 g/mol. The summed E-state index contributed by atoms with van der Waals surface area (Å²) in [6, 6.07) is 0. The molecule has 2 aliphatic heterocycles. The molecule has 0 saturated carbocycles. The molecule has 0 bridgehead atoms. The van der Waals surface area contributed by atoms with Gasteiger partial charge in [0.25, 0.3) is 0 Å². The fraction of sp³-hybridized carbons (Fsp3) is 0.929. The van der Waals surface area contributed by atoms with Crippen LogP contribution >= 0.6 is 11.8 Å². The molecule has 1 atom stereocenters. The minimum absolute atomic E-state index is 0.248. The lowest BCUT2D eigenvalue weighted by Gasteiger charge is -2.28. The third kappa shape index (κ3) is 5.32. The number of rotatable bonds is 5. The molecule has 0 aromatic carbocycles. The van der Waals surface area contributed by atoms with Crippen LogP contribution in [0.15, 0.2) is 0 Å². The molecule has 0 aliphatic carbocycles. The molecular formula is C14H26N2O2S. The number of likely N-dealkylation sites (N-methyl/N-ethyl adjacent to an activating group) is 1. The summed E-state index contributed by atoms with van der Waals surface area (Å²) < 4.78 is 5.68. The van der Waals surface area contributed by atoms with Crippen molar-refractivity contribution in [1.29, 1.82) is 0 Å². The van der Waals surface area contributed by atoms with E-state index in [1.165, 1.54) is 25.7 Å². The van der Waals surface area contributed by atoms with Crippen molar-refractivity contribution in [1.82, 2.24) is 10.2 Å². The second-order valence-corrected chi connectivity index (χ2v) is 6.81. The first-order valence-electron chi connectivity index (χ1n) is 7.43. The summed E-state index contributed by atoms with van der Waals surface area (Å²) in [5.41, 5.74) is 0. The summed E-state index contributed by atoms with van der Waals surface area (Å²) >= 11 is 1.82. The van der Waals surface area contributed by atoms with E-state index in [4.69, 9.17) is 4.74 Å². The standard InChI is InChI=1S/C14H26N2O2S/c1-16(10-12-4-2-3-9-18-12)14(17)11-19-13-5-7-15-8-6-13/h12-13,15H,2-11H2,1H3. The van der Waals surface area contributed by atoms with Gasteiger partial charge in [0.15, 0.2) is 0 Å². The number of piperidine rings is 1. The first-order valence-corrected chi connectivity index (χ1v) is 8.48. The zero-order chi connectivity index (χ0) is 13.5. The average Bonchev–Trinajstić information content (AvgIpc) is 2.47. The van der Waals surface area contributed by atoms with E-state index in [2.05, 4.69) is 5.32 Å². The Labute approximate surface area is 120 Å². The maximum atomic E-state index is 12.1. The van der Waals surface area contributed by atoms with Crippen LogP contribution in [0, 0.1) is 0 Å². The van der Waals surface area contributed by atoms with Crippen molar-refractivity contribution in [2.75, 3.05) is 39.0 Å². The molecule has 2 aliphatic rings. The van der Waals surface area contributed by atoms with Crippen molar-refractivity contribution in [3.8, 4) is 0 Å². The number of hydrogen-bond acceptors (Lipinski definition) is 4. The molecule has 0 radical (unpaired) electrons. The number of nitrogens with zero attached hydrogens (tertiary/aromatic N) is 1. The third-order valence-electron chi connectivity index (χ3n) is 3.91. The second kappa shape index (κ2) is 8.12. The van der Waals surface area contributed by atoms with Gasteiger partial charge in [-0.2, -0.15) is 0 Å². The number of amides is 1. The Morgan fingerprint density at radius 1 is 1.32 bits per heavy atom. The van der Waals surface area contributed by atoms with Gasteiger partial charge in [-0.1, -0.05) is 0 Å². The molecular weight excluding hydrogens is 260 g/mol. The summed E-state index contributed by atoms with van der Waals surface area (Å²) in [5, 5.41) is 4.01. The van der Waals surface area contributed by atoms with Crippen LogP contribution in [0.25, 0.3) is 0 Å². The molecule has 0 spiro atoms. The van der Waals surface area contributed by atoms with Crippen molar-refractivity contribution in [3.63, 3.8) is 0 Å². The lowest BCUT2D eigenvalue weighted by Crippen LogP contribution is -2.38. The predicted octanol–water partition coefficient (Wildman–Crippen LogP) is 1.50. The van der Waals surface area contributed by atoms with Crippen LogP contribution in [0.2, 0.25) is 0 Å². The van der Waals surface area contributed by atoms with E-state index in [1.54, 1.807) is 0 Å². The van der Waals surface area contributed by atoms with Gasteiger partial charge in [-0.25, -0.2) is 0 Å². The van der Waals surface area contributed by atoms with Gasteiger partial charge in [-0.05, 0) is 45.2 Å². The van der Waals surface area contributed by atoms with Crippen LogP contribution in [0.4, 0.5) is 0 Å².